The summed E-state index contributed by atoms with van der Waals surface area (Å²) >= 11 is 12.9. The highest BCUT2D eigenvalue weighted by molar-refractivity contribution is 7.91. The maximum Gasteiger partial charge on any atom is 0.242 e. The van der Waals surface area contributed by atoms with Crippen molar-refractivity contribution in [2.45, 2.75) is 5.25 Å². The molecule has 0 radical (unpaired) electrons. The van der Waals surface area contributed by atoms with E-state index in [0.717, 1.165) is 17.6 Å². The molecule has 9 heteroatoms. The van der Waals surface area contributed by atoms with Crippen LogP contribution in [0.15, 0.2) is 24.3 Å². The molecule has 0 fully saturated rings. The summed E-state index contributed by atoms with van der Waals surface area (Å²) in [7, 11) is -3.75. The summed E-state index contributed by atoms with van der Waals surface area (Å²) in [5.41, 5.74) is 5.84. The number of carbonyl (C=O) groups excluding carboxylic acids is 1. The van der Waals surface area contributed by atoms with Crippen molar-refractivity contribution in [1.29, 1.82) is 0 Å². The largest absolute Gasteiger partial charge is 0.368 e. The molecule has 1 aromatic carbocycles. The van der Waals surface area contributed by atoms with E-state index in [1.165, 1.54) is 0 Å². The van der Waals surface area contributed by atoms with Gasteiger partial charge in [-0.3, -0.25) is 4.79 Å². The monoisotopic (exact) mass is 364 g/mol. The molecular formula is C12H10Cl2N2O3S2. The van der Waals surface area contributed by atoms with E-state index in [1.54, 1.807) is 24.3 Å². The number of carbonyl (C=O) groups is 1. The Hall–Kier alpha value is -1.15. The van der Waals surface area contributed by atoms with E-state index in [9.17, 15) is 13.2 Å². The lowest BCUT2D eigenvalue weighted by molar-refractivity contribution is -0.117. The van der Waals surface area contributed by atoms with Gasteiger partial charge in [-0.1, -0.05) is 35.3 Å². The van der Waals surface area contributed by atoms with E-state index in [1.807, 2.05) is 0 Å². The lowest BCUT2D eigenvalue weighted by Crippen LogP contribution is -2.28. The van der Waals surface area contributed by atoms with Gasteiger partial charge in [-0.25, -0.2) is 13.4 Å². The van der Waals surface area contributed by atoms with Gasteiger partial charge in [0.1, 0.15) is 9.34 Å². The number of hydrogen-bond donors (Lipinski definition) is 1. The van der Waals surface area contributed by atoms with E-state index < -0.39 is 21.0 Å². The molecule has 0 aliphatic rings. The SMILES string of the molecule is CS(=O)(=O)C(C(N)=O)c1nc(-c2ccc(Cl)cc2)sc1Cl. The minimum Gasteiger partial charge on any atom is -0.368 e. The van der Waals surface area contributed by atoms with Gasteiger partial charge in [0.05, 0.1) is 5.69 Å². The van der Waals surface area contributed by atoms with Crippen LogP contribution in [0.1, 0.15) is 10.9 Å². The first kappa shape index (κ1) is 16.2. The van der Waals surface area contributed by atoms with Gasteiger partial charge in [-0.05, 0) is 12.1 Å². The summed E-state index contributed by atoms with van der Waals surface area (Å²) in [5.74, 6) is -1.01. The number of thiazole rings is 1. The molecule has 0 bridgehead atoms. The van der Waals surface area contributed by atoms with Gasteiger partial charge in [-0.15, -0.1) is 11.3 Å². The second-order valence-electron chi connectivity index (χ2n) is 4.30. The zero-order chi connectivity index (χ0) is 15.8. The molecule has 2 rings (SSSR count). The van der Waals surface area contributed by atoms with E-state index in [4.69, 9.17) is 28.9 Å². The average molecular weight is 365 g/mol. The highest BCUT2D eigenvalue weighted by atomic mass is 35.5. The van der Waals surface area contributed by atoms with Crippen LogP contribution >= 0.6 is 34.5 Å². The molecule has 2 aromatic rings. The van der Waals surface area contributed by atoms with Crippen molar-refractivity contribution in [3.05, 3.63) is 39.3 Å². The lowest BCUT2D eigenvalue weighted by Gasteiger charge is -2.08. The number of rotatable bonds is 4. The van der Waals surface area contributed by atoms with Crippen LogP contribution in [0.4, 0.5) is 0 Å². The zero-order valence-corrected chi connectivity index (χ0v) is 13.9. The standard InChI is InChI=1S/C12H10Cl2N2O3S2/c1-21(18,19)9(11(15)17)8-10(14)20-12(16-8)6-2-4-7(13)5-3-6/h2-5,9H,1H3,(H2,15,17). The Bertz CT molecular complexity index is 785. The number of benzene rings is 1. The molecule has 0 aliphatic carbocycles. The van der Waals surface area contributed by atoms with Crippen LogP contribution in [-0.2, 0) is 14.6 Å². The molecule has 0 aliphatic heterocycles. The van der Waals surface area contributed by atoms with Crippen LogP contribution < -0.4 is 5.73 Å². The Morgan fingerprint density at radius 3 is 2.33 bits per heavy atom. The second-order valence-corrected chi connectivity index (χ2v) is 8.46. The van der Waals surface area contributed by atoms with Gasteiger partial charge >= 0.3 is 0 Å². The molecule has 5 nitrogen and oxygen atoms in total. The van der Waals surface area contributed by atoms with Crippen molar-refractivity contribution in [3.8, 4) is 10.6 Å². The average Bonchev–Trinajstić information content (AvgIpc) is 2.70. The Balaban J connectivity index is 2.53. The van der Waals surface area contributed by atoms with Gasteiger partial charge in [0.15, 0.2) is 15.1 Å². The predicted molar refractivity (Wildman–Crippen MR) is 84.3 cm³/mol. The third kappa shape index (κ3) is 3.55. The predicted octanol–water partition coefficient (Wildman–Crippen LogP) is 2.69. The minimum atomic E-state index is -3.75. The van der Waals surface area contributed by atoms with Gasteiger partial charge in [0.2, 0.25) is 5.91 Å². The van der Waals surface area contributed by atoms with Crippen molar-refractivity contribution < 1.29 is 13.2 Å². The van der Waals surface area contributed by atoms with E-state index >= 15 is 0 Å². The van der Waals surface area contributed by atoms with Gasteiger partial charge in [-0.2, -0.15) is 0 Å². The molecule has 2 N–H and O–H groups in total. The lowest BCUT2D eigenvalue weighted by atomic mass is 10.2. The third-order valence-electron chi connectivity index (χ3n) is 2.64. The quantitative estimate of drug-likeness (QED) is 0.902. The van der Waals surface area contributed by atoms with E-state index in [0.29, 0.717) is 15.6 Å². The molecule has 21 heavy (non-hydrogen) atoms. The first-order valence-corrected chi connectivity index (χ1v) is 9.13. The smallest absolute Gasteiger partial charge is 0.242 e. The van der Waals surface area contributed by atoms with Crippen molar-refractivity contribution in [2.75, 3.05) is 6.26 Å². The third-order valence-corrected chi connectivity index (χ3v) is 5.53. The van der Waals surface area contributed by atoms with E-state index in [2.05, 4.69) is 4.98 Å². The molecule has 0 saturated heterocycles. The van der Waals surface area contributed by atoms with Crippen LogP contribution in [0.5, 0.6) is 0 Å². The summed E-state index contributed by atoms with van der Waals surface area (Å²) in [4.78, 5) is 15.6. The summed E-state index contributed by atoms with van der Waals surface area (Å²) in [6.45, 7) is 0. The molecule has 0 spiro atoms. The molecule has 1 unspecified atom stereocenters. The number of nitrogens with zero attached hydrogens (tertiary/aromatic N) is 1. The molecule has 112 valence electrons. The Labute approximate surface area is 135 Å². The summed E-state index contributed by atoms with van der Waals surface area (Å²) in [6, 6.07) is 6.80. The molecule has 1 heterocycles. The number of halogens is 2. The summed E-state index contributed by atoms with van der Waals surface area (Å²) < 4.78 is 23.5. The van der Waals surface area contributed by atoms with Crippen LogP contribution in [0.2, 0.25) is 9.36 Å². The maximum absolute atomic E-state index is 11.7. The fraction of sp³-hybridized carbons (Fsp3) is 0.167. The summed E-state index contributed by atoms with van der Waals surface area (Å²) in [6.07, 6.45) is 0.917. The molecule has 0 saturated carbocycles. The second kappa shape index (κ2) is 5.92. The topological polar surface area (TPSA) is 90.1 Å². The Morgan fingerprint density at radius 2 is 1.86 bits per heavy atom. The van der Waals surface area contributed by atoms with Crippen LogP contribution in [0, 0.1) is 0 Å². The van der Waals surface area contributed by atoms with Crippen molar-refractivity contribution in [3.63, 3.8) is 0 Å². The number of primary amides is 1. The maximum atomic E-state index is 11.7. The number of nitrogens with two attached hydrogens (primary N) is 1. The zero-order valence-electron chi connectivity index (χ0n) is 10.7. The first-order valence-electron chi connectivity index (χ1n) is 5.60. The van der Waals surface area contributed by atoms with E-state index in [-0.39, 0.29) is 10.0 Å². The van der Waals surface area contributed by atoms with Crippen LogP contribution in [0.3, 0.4) is 0 Å². The number of amides is 1. The summed E-state index contributed by atoms with van der Waals surface area (Å²) in [5, 5.41) is -0.503. The molecule has 1 amide bonds. The Morgan fingerprint density at radius 1 is 1.29 bits per heavy atom. The normalized spacial score (nSPS) is 13.1. The first-order chi connectivity index (χ1) is 9.70. The van der Waals surface area contributed by atoms with Gasteiger partial charge in [0.25, 0.3) is 0 Å². The molecule has 1 atom stereocenters. The fourth-order valence-electron chi connectivity index (χ4n) is 1.74. The number of sulfone groups is 1. The van der Waals surface area contributed by atoms with Crippen molar-refractivity contribution in [2.24, 2.45) is 5.73 Å². The highest BCUT2D eigenvalue weighted by Crippen LogP contribution is 2.37. The van der Waals surface area contributed by atoms with Gasteiger partial charge in [0, 0.05) is 16.8 Å². The number of hydrogen-bond acceptors (Lipinski definition) is 5. The van der Waals surface area contributed by atoms with Crippen molar-refractivity contribution in [1.82, 2.24) is 4.98 Å². The number of aromatic nitrogens is 1. The molecule has 1 aromatic heterocycles. The minimum absolute atomic E-state index is 0.0402. The van der Waals surface area contributed by atoms with Crippen LogP contribution in [0.25, 0.3) is 10.6 Å². The van der Waals surface area contributed by atoms with Crippen molar-refractivity contribution >= 4 is 50.3 Å². The highest BCUT2D eigenvalue weighted by Gasteiger charge is 2.33. The van der Waals surface area contributed by atoms with Crippen LogP contribution in [-0.4, -0.2) is 25.6 Å². The molecular weight excluding hydrogens is 355 g/mol. The Kier molecular flexibility index (Phi) is 4.57. The van der Waals surface area contributed by atoms with Gasteiger partial charge < -0.3 is 5.73 Å². The fourth-order valence-corrected chi connectivity index (χ4v) is 4.21.